The SMILES string of the molecule is C[n+]1ccc(/C=C/c2ccc3cc(O)ccc3c2)c2ccccc21.[I-]. The van der Waals surface area contributed by atoms with Gasteiger partial charge in [0, 0.05) is 12.1 Å². The number of aromatic nitrogens is 1. The molecule has 0 radical (unpaired) electrons. The number of para-hydroxylation sites is 1. The molecule has 0 aliphatic rings. The zero-order valence-corrected chi connectivity index (χ0v) is 16.0. The molecule has 0 aliphatic heterocycles. The Morgan fingerprint density at radius 1 is 0.840 bits per heavy atom. The molecule has 25 heavy (non-hydrogen) atoms. The van der Waals surface area contributed by atoms with Crippen molar-refractivity contribution in [3.63, 3.8) is 0 Å². The topological polar surface area (TPSA) is 24.1 Å². The highest BCUT2D eigenvalue weighted by atomic mass is 127. The second-order valence-corrected chi connectivity index (χ2v) is 6.02. The minimum atomic E-state index is 0. The maximum Gasteiger partial charge on any atom is 0.212 e. The van der Waals surface area contributed by atoms with Gasteiger partial charge in [-0.1, -0.05) is 42.5 Å². The molecular weight excluding hydrogens is 421 g/mol. The summed E-state index contributed by atoms with van der Waals surface area (Å²) in [5.74, 6) is 0.300. The zero-order valence-electron chi connectivity index (χ0n) is 13.9. The molecule has 4 rings (SSSR count). The lowest BCUT2D eigenvalue weighted by Crippen LogP contribution is -3.00. The summed E-state index contributed by atoms with van der Waals surface area (Å²) in [6, 6.07) is 22.3. The van der Waals surface area contributed by atoms with E-state index in [0.29, 0.717) is 5.75 Å². The first kappa shape index (κ1) is 17.4. The van der Waals surface area contributed by atoms with Crippen molar-refractivity contribution < 1.29 is 33.7 Å². The molecule has 0 bridgehead atoms. The first-order valence-electron chi connectivity index (χ1n) is 7.99. The fraction of sp³-hybridized carbons (Fsp3) is 0.0455. The fourth-order valence-electron chi connectivity index (χ4n) is 3.07. The summed E-state index contributed by atoms with van der Waals surface area (Å²) in [5.41, 5.74) is 3.56. The van der Waals surface area contributed by atoms with E-state index in [2.05, 4.69) is 72.4 Å². The number of nitrogens with zero attached hydrogens (tertiary/aromatic N) is 1. The summed E-state index contributed by atoms with van der Waals surface area (Å²) in [6.07, 6.45) is 6.38. The average molecular weight is 439 g/mol. The number of hydrogen-bond acceptors (Lipinski definition) is 1. The van der Waals surface area contributed by atoms with Gasteiger partial charge in [-0.3, -0.25) is 0 Å². The number of phenols is 1. The fourth-order valence-corrected chi connectivity index (χ4v) is 3.07. The van der Waals surface area contributed by atoms with Crippen molar-refractivity contribution in [1.82, 2.24) is 0 Å². The summed E-state index contributed by atoms with van der Waals surface area (Å²) in [7, 11) is 2.06. The largest absolute Gasteiger partial charge is 1.00 e. The van der Waals surface area contributed by atoms with Gasteiger partial charge in [-0.2, -0.15) is 0 Å². The maximum absolute atomic E-state index is 9.56. The van der Waals surface area contributed by atoms with Crippen molar-refractivity contribution in [2.75, 3.05) is 0 Å². The number of rotatable bonds is 2. The Labute approximate surface area is 164 Å². The molecule has 0 atom stereocenters. The van der Waals surface area contributed by atoms with Crippen LogP contribution in [0.25, 0.3) is 33.8 Å². The van der Waals surface area contributed by atoms with Gasteiger partial charge in [-0.15, -0.1) is 0 Å². The standard InChI is InChI=1S/C22H17NO.HI/c1-23-13-12-17(21-4-2-3-5-22(21)23)8-6-16-7-9-19-15-20(24)11-10-18(19)14-16;/h2-15H,1H3;1H. The minimum Gasteiger partial charge on any atom is -1.00 e. The van der Waals surface area contributed by atoms with Gasteiger partial charge in [-0.05, 0) is 46.2 Å². The van der Waals surface area contributed by atoms with Crippen molar-refractivity contribution in [3.05, 3.63) is 84.1 Å². The molecule has 2 nitrogen and oxygen atoms in total. The maximum atomic E-state index is 9.56. The molecule has 1 N–H and O–H groups in total. The van der Waals surface area contributed by atoms with Gasteiger partial charge >= 0.3 is 0 Å². The van der Waals surface area contributed by atoms with Gasteiger partial charge in [0.1, 0.15) is 12.8 Å². The Morgan fingerprint density at radius 2 is 1.60 bits per heavy atom. The third-order valence-corrected chi connectivity index (χ3v) is 4.38. The highest BCUT2D eigenvalue weighted by Crippen LogP contribution is 2.23. The number of hydrogen-bond donors (Lipinski definition) is 1. The third-order valence-electron chi connectivity index (χ3n) is 4.38. The van der Waals surface area contributed by atoms with Gasteiger partial charge < -0.3 is 29.1 Å². The lowest BCUT2D eigenvalue weighted by Gasteiger charge is -2.02. The van der Waals surface area contributed by atoms with E-state index in [1.807, 2.05) is 12.1 Å². The van der Waals surface area contributed by atoms with Gasteiger partial charge in [-0.25, -0.2) is 4.57 Å². The van der Waals surface area contributed by atoms with E-state index in [1.54, 1.807) is 12.1 Å². The van der Waals surface area contributed by atoms with Crippen LogP contribution in [-0.4, -0.2) is 5.11 Å². The molecule has 3 aromatic carbocycles. The molecule has 0 unspecified atom stereocenters. The van der Waals surface area contributed by atoms with Crippen LogP contribution in [0.2, 0.25) is 0 Å². The number of pyridine rings is 1. The number of fused-ring (bicyclic) bond motifs is 2. The molecule has 0 spiro atoms. The van der Waals surface area contributed by atoms with Crippen LogP contribution in [0, 0.1) is 0 Å². The molecule has 124 valence electrons. The lowest BCUT2D eigenvalue weighted by atomic mass is 10.0. The monoisotopic (exact) mass is 439 g/mol. The van der Waals surface area contributed by atoms with E-state index < -0.39 is 0 Å². The molecule has 0 fully saturated rings. The van der Waals surface area contributed by atoms with Gasteiger partial charge in [0.25, 0.3) is 0 Å². The Morgan fingerprint density at radius 3 is 2.48 bits per heavy atom. The lowest BCUT2D eigenvalue weighted by molar-refractivity contribution is -0.644. The Kier molecular flexibility index (Phi) is 5.04. The number of benzene rings is 3. The van der Waals surface area contributed by atoms with E-state index in [4.69, 9.17) is 0 Å². The first-order chi connectivity index (χ1) is 11.7. The van der Waals surface area contributed by atoms with E-state index in [-0.39, 0.29) is 24.0 Å². The van der Waals surface area contributed by atoms with Crippen LogP contribution in [0.3, 0.4) is 0 Å². The molecule has 0 aliphatic carbocycles. The van der Waals surface area contributed by atoms with Crippen LogP contribution in [0.4, 0.5) is 0 Å². The summed E-state index contributed by atoms with van der Waals surface area (Å²) in [6.45, 7) is 0. The molecular formula is C22H18INO. The van der Waals surface area contributed by atoms with Crippen molar-refractivity contribution in [2.45, 2.75) is 0 Å². The summed E-state index contributed by atoms with van der Waals surface area (Å²) < 4.78 is 2.13. The average Bonchev–Trinajstić information content (AvgIpc) is 2.61. The predicted octanol–water partition coefficient (Wildman–Crippen LogP) is 1.70. The van der Waals surface area contributed by atoms with Crippen molar-refractivity contribution in [3.8, 4) is 5.75 Å². The van der Waals surface area contributed by atoms with Gasteiger partial charge in [0.15, 0.2) is 6.20 Å². The summed E-state index contributed by atoms with van der Waals surface area (Å²) in [4.78, 5) is 0. The quantitative estimate of drug-likeness (QED) is 0.373. The molecule has 3 heteroatoms. The predicted molar refractivity (Wildman–Crippen MR) is 99.7 cm³/mol. The summed E-state index contributed by atoms with van der Waals surface area (Å²) in [5, 5.41) is 13.0. The van der Waals surface area contributed by atoms with Crippen molar-refractivity contribution >= 4 is 33.8 Å². The second-order valence-electron chi connectivity index (χ2n) is 6.02. The van der Waals surface area contributed by atoms with Crippen LogP contribution in [0.1, 0.15) is 11.1 Å². The number of aromatic hydroxyl groups is 1. The number of aryl methyl sites for hydroxylation is 1. The molecule has 1 heterocycles. The minimum absolute atomic E-state index is 0. The smallest absolute Gasteiger partial charge is 0.212 e. The van der Waals surface area contributed by atoms with Crippen molar-refractivity contribution in [2.24, 2.45) is 7.05 Å². The molecule has 4 aromatic rings. The van der Waals surface area contributed by atoms with E-state index in [1.165, 1.54) is 16.5 Å². The van der Waals surface area contributed by atoms with Crippen LogP contribution >= 0.6 is 0 Å². The van der Waals surface area contributed by atoms with E-state index in [9.17, 15) is 5.11 Å². The van der Waals surface area contributed by atoms with Crippen LogP contribution in [0.5, 0.6) is 5.75 Å². The van der Waals surface area contributed by atoms with Gasteiger partial charge in [0.05, 0.1) is 5.39 Å². The van der Waals surface area contributed by atoms with E-state index in [0.717, 1.165) is 16.3 Å². The Bertz CT molecular complexity index is 1090. The number of halogens is 1. The molecule has 1 aromatic heterocycles. The highest BCUT2D eigenvalue weighted by Gasteiger charge is 2.06. The van der Waals surface area contributed by atoms with Gasteiger partial charge in [0.2, 0.25) is 5.52 Å². The zero-order chi connectivity index (χ0) is 16.5. The highest BCUT2D eigenvalue weighted by molar-refractivity contribution is 5.91. The molecule has 0 saturated carbocycles. The van der Waals surface area contributed by atoms with Crippen molar-refractivity contribution in [1.29, 1.82) is 0 Å². The van der Waals surface area contributed by atoms with E-state index >= 15 is 0 Å². The van der Waals surface area contributed by atoms with Crippen LogP contribution in [0.15, 0.2) is 72.9 Å². The second kappa shape index (κ2) is 7.23. The Hall–Kier alpha value is -2.40. The third kappa shape index (κ3) is 3.51. The molecule has 0 amide bonds. The molecule has 0 saturated heterocycles. The number of phenolic OH excluding ortho intramolecular Hbond substituents is 1. The normalized spacial score (nSPS) is 11.1. The Balaban J connectivity index is 0.00000182. The van der Waals surface area contributed by atoms with Crippen LogP contribution in [-0.2, 0) is 7.05 Å². The summed E-state index contributed by atoms with van der Waals surface area (Å²) >= 11 is 0. The first-order valence-corrected chi connectivity index (χ1v) is 7.99. The van der Waals surface area contributed by atoms with Crippen LogP contribution < -0.4 is 28.5 Å².